The lowest BCUT2D eigenvalue weighted by atomic mass is 9.64. The summed E-state index contributed by atoms with van der Waals surface area (Å²) < 4.78 is 14.8. The second-order valence-corrected chi connectivity index (χ2v) is 10.4. The molecule has 5 heteroatoms. The third kappa shape index (κ3) is 4.85. The molecule has 172 valence electrons. The van der Waals surface area contributed by atoms with Crippen LogP contribution in [0.5, 0.6) is 0 Å². The Bertz CT molecular complexity index is 1040. The molecule has 1 aliphatic rings. The molecule has 3 aromatic carbocycles. The number of carbonyl (C=O) groups is 1. The fourth-order valence-electron chi connectivity index (χ4n) is 5.45. The number of halogens is 1. The molecule has 0 saturated carbocycles. The zero-order valence-electron chi connectivity index (χ0n) is 19.1. The first-order chi connectivity index (χ1) is 16.0. The standard InChI is InChI=1S/C28H31FN2OS/c1-31(18-10-20-33-26-16-9-8-15-25(26)29)19-17-24(21-31)28(27(30)32,22-11-4-2-5-12-22)23-13-6-3-7-14-23/h2-9,11-16,24H,10,17-21H2,1H3,(H-,30,32)/p+1/t24?,31-/m1/s1. The van der Waals surface area contributed by atoms with Crippen LogP contribution >= 0.6 is 11.8 Å². The van der Waals surface area contributed by atoms with Crippen molar-refractivity contribution in [2.45, 2.75) is 23.2 Å². The van der Waals surface area contributed by atoms with E-state index in [2.05, 4.69) is 7.05 Å². The third-order valence-corrected chi connectivity index (χ3v) is 8.21. The lowest BCUT2D eigenvalue weighted by molar-refractivity contribution is -0.899. The SMILES string of the molecule is C[N@@+]1(CCCSc2ccccc2F)CCC(C(C(N)=O)(c2ccccc2)c2ccccc2)C1. The number of hydrogen-bond donors (Lipinski definition) is 1. The smallest absolute Gasteiger partial charge is 0.233 e. The van der Waals surface area contributed by atoms with E-state index in [-0.39, 0.29) is 17.6 Å². The number of likely N-dealkylation sites (tertiary alicyclic amines) is 1. The summed E-state index contributed by atoms with van der Waals surface area (Å²) in [5.74, 6) is 0.552. The Morgan fingerprint density at radius 2 is 1.58 bits per heavy atom. The van der Waals surface area contributed by atoms with Gasteiger partial charge in [0.05, 0.1) is 26.7 Å². The van der Waals surface area contributed by atoms with Gasteiger partial charge in [-0.25, -0.2) is 4.39 Å². The van der Waals surface area contributed by atoms with E-state index in [1.54, 1.807) is 17.8 Å². The molecule has 1 aliphatic heterocycles. The molecule has 3 nitrogen and oxygen atoms in total. The number of benzene rings is 3. The molecule has 1 fully saturated rings. The number of nitrogens with zero attached hydrogens (tertiary/aromatic N) is 1. The van der Waals surface area contributed by atoms with Crippen LogP contribution in [-0.2, 0) is 10.2 Å². The van der Waals surface area contributed by atoms with Crippen LogP contribution in [0.1, 0.15) is 24.0 Å². The number of nitrogens with two attached hydrogens (primary N) is 1. The normalized spacial score (nSPS) is 20.6. The van der Waals surface area contributed by atoms with Crippen molar-refractivity contribution in [3.05, 3.63) is 102 Å². The summed E-state index contributed by atoms with van der Waals surface area (Å²) >= 11 is 1.57. The van der Waals surface area contributed by atoms with Crippen molar-refractivity contribution in [1.82, 2.24) is 0 Å². The van der Waals surface area contributed by atoms with Crippen molar-refractivity contribution >= 4 is 17.7 Å². The van der Waals surface area contributed by atoms with Crippen molar-refractivity contribution in [1.29, 1.82) is 0 Å². The molecule has 0 radical (unpaired) electrons. The van der Waals surface area contributed by atoms with Gasteiger partial charge in [0.1, 0.15) is 11.2 Å². The number of carbonyl (C=O) groups excluding carboxylic acids is 1. The van der Waals surface area contributed by atoms with Crippen LogP contribution in [-0.4, -0.2) is 42.8 Å². The van der Waals surface area contributed by atoms with Crippen LogP contribution in [0.4, 0.5) is 4.39 Å². The second-order valence-electron chi connectivity index (χ2n) is 9.27. The molecular weight excluding hydrogens is 431 g/mol. The summed E-state index contributed by atoms with van der Waals surface area (Å²) in [6.45, 7) is 2.89. The monoisotopic (exact) mass is 463 g/mol. The molecule has 1 unspecified atom stereocenters. The average Bonchev–Trinajstić information content (AvgIpc) is 3.22. The van der Waals surface area contributed by atoms with Crippen molar-refractivity contribution in [3.63, 3.8) is 0 Å². The molecule has 0 spiro atoms. The number of hydrogen-bond acceptors (Lipinski definition) is 2. The average molecular weight is 464 g/mol. The maximum absolute atomic E-state index is 13.9. The van der Waals surface area contributed by atoms with Gasteiger partial charge in [-0.2, -0.15) is 0 Å². The topological polar surface area (TPSA) is 43.1 Å². The Kier molecular flexibility index (Phi) is 7.20. The molecule has 0 aliphatic carbocycles. The highest BCUT2D eigenvalue weighted by atomic mass is 32.2. The van der Waals surface area contributed by atoms with Crippen LogP contribution in [0.2, 0.25) is 0 Å². The Morgan fingerprint density at radius 1 is 1.00 bits per heavy atom. The predicted octanol–water partition coefficient (Wildman–Crippen LogP) is 5.25. The Hall–Kier alpha value is -2.63. The zero-order chi connectivity index (χ0) is 23.3. The molecule has 2 N–H and O–H groups in total. The molecule has 0 bridgehead atoms. The second kappa shape index (κ2) is 10.1. The van der Waals surface area contributed by atoms with Gasteiger partial charge in [-0.05, 0) is 23.3 Å². The molecular formula is C28H32FN2OS+. The van der Waals surface area contributed by atoms with Gasteiger partial charge in [-0.3, -0.25) is 4.79 Å². The highest BCUT2D eigenvalue weighted by Crippen LogP contribution is 2.45. The summed E-state index contributed by atoms with van der Waals surface area (Å²) in [4.78, 5) is 14.0. The minimum absolute atomic E-state index is 0.115. The molecule has 1 saturated heterocycles. The number of quaternary nitrogens is 1. The van der Waals surface area contributed by atoms with Crippen LogP contribution < -0.4 is 5.73 Å². The molecule has 1 heterocycles. The Balaban J connectivity index is 1.53. The highest BCUT2D eigenvalue weighted by molar-refractivity contribution is 7.99. The summed E-state index contributed by atoms with van der Waals surface area (Å²) in [6.07, 6.45) is 1.92. The first-order valence-corrected chi connectivity index (χ1v) is 12.6. The van der Waals surface area contributed by atoms with Gasteiger partial charge < -0.3 is 10.2 Å². The van der Waals surface area contributed by atoms with E-state index in [0.29, 0.717) is 4.90 Å². The molecule has 33 heavy (non-hydrogen) atoms. The molecule has 1 amide bonds. The summed E-state index contributed by atoms with van der Waals surface area (Å²) in [6, 6.07) is 27.0. The maximum atomic E-state index is 13.9. The van der Waals surface area contributed by atoms with Gasteiger partial charge in [0.15, 0.2) is 0 Å². The van der Waals surface area contributed by atoms with Gasteiger partial charge in [-0.1, -0.05) is 72.8 Å². The van der Waals surface area contributed by atoms with E-state index < -0.39 is 5.41 Å². The fourth-order valence-corrected chi connectivity index (χ4v) is 6.33. The minimum Gasteiger partial charge on any atom is -0.369 e. The molecule has 0 aromatic heterocycles. The van der Waals surface area contributed by atoms with Crippen LogP contribution in [0.3, 0.4) is 0 Å². The van der Waals surface area contributed by atoms with E-state index in [0.717, 1.165) is 53.8 Å². The van der Waals surface area contributed by atoms with E-state index in [4.69, 9.17) is 5.73 Å². The summed E-state index contributed by atoms with van der Waals surface area (Å²) in [7, 11) is 2.27. The number of primary amides is 1. The van der Waals surface area contributed by atoms with Gasteiger partial charge in [0.2, 0.25) is 5.91 Å². The number of thioether (sulfide) groups is 1. The van der Waals surface area contributed by atoms with E-state index in [9.17, 15) is 9.18 Å². The largest absolute Gasteiger partial charge is 0.369 e. The van der Waals surface area contributed by atoms with Gasteiger partial charge in [0.25, 0.3) is 0 Å². The van der Waals surface area contributed by atoms with Crippen LogP contribution in [0.15, 0.2) is 89.8 Å². The predicted molar refractivity (Wildman–Crippen MR) is 133 cm³/mol. The minimum atomic E-state index is -0.847. The maximum Gasteiger partial charge on any atom is 0.233 e. The van der Waals surface area contributed by atoms with Gasteiger partial charge in [0, 0.05) is 29.4 Å². The number of amides is 1. The first kappa shape index (κ1) is 23.5. The zero-order valence-corrected chi connectivity index (χ0v) is 19.9. The van der Waals surface area contributed by atoms with Crippen molar-refractivity contribution in [2.75, 3.05) is 32.4 Å². The third-order valence-electron chi connectivity index (χ3n) is 7.07. The molecule has 4 rings (SSSR count). The van der Waals surface area contributed by atoms with Gasteiger partial charge >= 0.3 is 0 Å². The van der Waals surface area contributed by atoms with Crippen LogP contribution in [0.25, 0.3) is 0 Å². The first-order valence-electron chi connectivity index (χ1n) is 11.6. The van der Waals surface area contributed by atoms with Crippen molar-refractivity contribution in [2.24, 2.45) is 11.7 Å². The van der Waals surface area contributed by atoms with Crippen LogP contribution in [0, 0.1) is 11.7 Å². The fraction of sp³-hybridized carbons (Fsp3) is 0.321. The Morgan fingerprint density at radius 3 is 2.15 bits per heavy atom. The lowest BCUT2D eigenvalue weighted by Gasteiger charge is -2.38. The highest BCUT2D eigenvalue weighted by Gasteiger charge is 2.53. The van der Waals surface area contributed by atoms with Crippen molar-refractivity contribution < 1.29 is 13.7 Å². The van der Waals surface area contributed by atoms with Crippen molar-refractivity contribution in [3.8, 4) is 0 Å². The Labute approximate surface area is 200 Å². The number of rotatable bonds is 9. The summed E-state index contributed by atoms with van der Waals surface area (Å²) in [5, 5.41) is 0. The van der Waals surface area contributed by atoms with E-state index in [1.165, 1.54) is 6.07 Å². The van der Waals surface area contributed by atoms with E-state index in [1.807, 2.05) is 72.8 Å². The lowest BCUT2D eigenvalue weighted by Crippen LogP contribution is -2.51. The molecule has 2 atom stereocenters. The molecule has 3 aromatic rings. The summed E-state index contributed by atoms with van der Waals surface area (Å²) in [5.41, 5.74) is 7.31. The van der Waals surface area contributed by atoms with E-state index >= 15 is 0 Å². The van der Waals surface area contributed by atoms with Gasteiger partial charge in [-0.15, -0.1) is 11.8 Å². The quantitative estimate of drug-likeness (QED) is 0.268.